The van der Waals surface area contributed by atoms with Crippen molar-refractivity contribution in [2.24, 2.45) is 0 Å². The van der Waals surface area contributed by atoms with Crippen molar-refractivity contribution < 1.29 is 0 Å². The van der Waals surface area contributed by atoms with Gasteiger partial charge < -0.3 is 0 Å². The van der Waals surface area contributed by atoms with Gasteiger partial charge in [0.15, 0.2) is 5.82 Å². The van der Waals surface area contributed by atoms with Gasteiger partial charge in [-0.25, -0.2) is 19.9 Å². The second-order valence-corrected chi connectivity index (χ2v) is 8.97. The Bertz CT molecular complexity index is 1640. The Kier molecular flexibility index (Phi) is 6.20. The normalized spacial score (nSPS) is 10.9. The predicted octanol–water partition coefficient (Wildman–Crippen LogP) is 7.01. The highest BCUT2D eigenvalue weighted by Crippen LogP contribution is 2.28. The molecule has 5 heterocycles. The summed E-state index contributed by atoms with van der Waals surface area (Å²) in [4.78, 5) is 28.9. The van der Waals surface area contributed by atoms with Crippen LogP contribution in [-0.2, 0) is 0 Å². The van der Waals surface area contributed by atoms with Crippen LogP contribution in [0.1, 0.15) is 11.4 Å². The minimum Gasteiger partial charge on any atom is -0.251 e. The third-order valence-corrected chi connectivity index (χ3v) is 6.08. The van der Waals surface area contributed by atoms with E-state index in [-0.39, 0.29) is 0 Å². The van der Waals surface area contributed by atoms with E-state index in [1.54, 1.807) is 0 Å². The van der Waals surface area contributed by atoms with Crippen molar-refractivity contribution in [1.29, 1.82) is 0 Å². The highest BCUT2D eigenvalue weighted by atomic mass is 14.9. The van der Waals surface area contributed by atoms with Crippen LogP contribution in [0.15, 0.2) is 109 Å². The number of aryl methyl sites for hydroxylation is 2. The lowest BCUT2D eigenvalue weighted by molar-refractivity contribution is 1.13. The Balaban J connectivity index is 1.49. The van der Waals surface area contributed by atoms with Crippen molar-refractivity contribution in [1.82, 2.24) is 29.9 Å². The van der Waals surface area contributed by atoms with E-state index < -0.39 is 0 Å². The molecular formula is C32H24N6. The zero-order valence-electron chi connectivity index (χ0n) is 21.1. The van der Waals surface area contributed by atoms with Crippen LogP contribution in [0.3, 0.4) is 0 Å². The van der Waals surface area contributed by atoms with Crippen molar-refractivity contribution >= 4 is 0 Å². The first-order chi connectivity index (χ1) is 18.6. The molecule has 0 aliphatic heterocycles. The zero-order chi connectivity index (χ0) is 25.9. The highest BCUT2D eigenvalue weighted by Gasteiger charge is 2.14. The maximum absolute atomic E-state index is 4.92. The monoisotopic (exact) mass is 492 g/mol. The molecule has 6 nitrogen and oxygen atoms in total. The molecule has 6 rings (SSSR count). The van der Waals surface area contributed by atoms with Crippen LogP contribution in [-0.4, -0.2) is 29.9 Å². The number of aromatic nitrogens is 6. The van der Waals surface area contributed by atoms with Crippen LogP contribution >= 0.6 is 0 Å². The van der Waals surface area contributed by atoms with Crippen LogP contribution in [0.25, 0.3) is 56.9 Å². The quantitative estimate of drug-likeness (QED) is 0.258. The first-order valence-corrected chi connectivity index (χ1v) is 12.4. The van der Waals surface area contributed by atoms with Gasteiger partial charge in [0, 0.05) is 17.0 Å². The van der Waals surface area contributed by atoms with E-state index in [0.717, 1.165) is 51.1 Å². The van der Waals surface area contributed by atoms with Crippen molar-refractivity contribution in [3.05, 3.63) is 121 Å². The van der Waals surface area contributed by atoms with Crippen molar-refractivity contribution in [3.63, 3.8) is 0 Å². The molecule has 0 unspecified atom stereocenters. The molecule has 0 bridgehead atoms. The third kappa shape index (κ3) is 4.92. The smallest absolute Gasteiger partial charge is 0.160 e. The lowest BCUT2D eigenvalue weighted by Crippen LogP contribution is -1.99. The van der Waals surface area contributed by atoms with Gasteiger partial charge in [0.05, 0.1) is 45.6 Å². The maximum Gasteiger partial charge on any atom is 0.160 e. The average molecular weight is 493 g/mol. The molecule has 0 aliphatic carbocycles. The molecule has 0 atom stereocenters. The number of pyridine rings is 4. The van der Waals surface area contributed by atoms with Crippen molar-refractivity contribution in [3.8, 4) is 56.9 Å². The Morgan fingerprint density at radius 3 is 1.18 bits per heavy atom. The molecule has 0 saturated carbocycles. The second kappa shape index (κ2) is 10.1. The largest absolute Gasteiger partial charge is 0.251 e. The molecule has 0 fully saturated rings. The molecular weight excluding hydrogens is 468 g/mol. The highest BCUT2D eigenvalue weighted by molar-refractivity contribution is 5.71. The molecule has 0 radical (unpaired) electrons. The first kappa shape index (κ1) is 23.3. The summed E-state index contributed by atoms with van der Waals surface area (Å²) < 4.78 is 0. The van der Waals surface area contributed by atoms with E-state index >= 15 is 0 Å². The molecule has 0 aliphatic rings. The summed E-state index contributed by atoms with van der Waals surface area (Å²) in [7, 11) is 0. The standard InChI is InChI=1S/C32H24N6/c1-21-10-6-14-24(33-21)26-16-8-18-28(35-26)30-20-31(38-32(37-30)23-12-4-3-5-13-23)29-19-9-17-27(36-29)25-15-7-11-22(2)34-25/h3-20H,1-2H3. The van der Waals surface area contributed by atoms with Gasteiger partial charge in [-0.1, -0.05) is 54.6 Å². The molecule has 1 aromatic carbocycles. The Morgan fingerprint density at radius 2 is 0.737 bits per heavy atom. The molecule has 38 heavy (non-hydrogen) atoms. The Hall–Kier alpha value is -5.10. The zero-order valence-corrected chi connectivity index (χ0v) is 21.1. The van der Waals surface area contributed by atoms with E-state index in [9.17, 15) is 0 Å². The van der Waals surface area contributed by atoms with Crippen LogP contribution in [0.5, 0.6) is 0 Å². The SMILES string of the molecule is Cc1cccc(-c2cccc(-c3cc(-c4cccc(-c5cccc(C)n5)n4)nc(-c4ccccc4)n3)n2)n1. The summed E-state index contributed by atoms with van der Waals surface area (Å²) in [5, 5.41) is 0. The van der Waals surface area contributed by atoms with Crippen LogP contribution in [0, 0.1) is 13.8 Å². The summed E-state index contributed by atoms with van der Waals surface area (Å²) >= 11 is 0. The molecule has 0 N–H and O–H groups in total. The molecule has 5 aromatic heterocycles. The number of hydrogen-bond acceptors (Lipinski definition) is 6. The van der Waals surface area contributed by atoms with Gasteiger partial charge in [0.25, 0.3) is 0 Å². The summed E-state index contributed by atoms with van der Waals surface area (Å²) in [5.41, 5.74) is 8.94. The summed E-state index contributed by atoms with van der Waals surface area (Å²) in [6.07, 6.45) is 0. The molecule has 0 saturated heterocycles. The van der Waals surface area contributed by atoms with E-state index in [4.69, 9.17) is 19.9 Å². The van der Waals surface area contributed by atoms with Gasteiger partial charge >= 0.3 is 0 Å². The molecule has 0 spiro atoms. The average Bonchev–Trinajstić information content (AvgIpc) is 2.97. The first-order valence-electron chi connectivity index (χ1n) is 12.4. The second-order valence-electron chi connectivity index (χ2n) is 8.97. The van der Waals surface area contributed by atoms with Crippen molar-refractivity contribution in [2.45, 2.75) is 13.8 Å². The fourth-order valence-corrected chi connectivity index (χ4v) is 4.24. The lowest BCUT2D eigenvalue weighted by atomic mass is 10.1. The van der Waals surface area contributed by atoms with Crippen LogP contribution < -0.4 is 0 Å². The summed E-state index contributed by atoms with van der Waals surface area (Å²) in [5.74, 6) is 0.611. The lowest BCUT2D eigenvalue weighted by Gasteiger charge is -2.10. The summed E-state index contributed by atoms with van der Waals surface area (Å²) in [6.45, 7) is 3.95. The predicted molar refractivity (Wildman–Crippen MR) is 150 cm³/mol. The molecule has 6 aromatic rings. The fourth-order valence-electron chi connectivity index (χ4n) is 4.24. The minimum atomic E-state index is 0.611. The van der Waals surface area contributed by atoms with E-state index in [1.807, 2.05) is 123 Å². The minimum absolute atomic E-state index is 0.611. The van der Waals surface area contributed by atoms with Crippen molar-refractivity contribution in [2.75, 3.05) is 0 Å². The number of nitrogens with zero attached hydrogens (tertiary/aromatic N) is 6. The van der Waals surface area contributed by atoms with E-state index in [1.165, 1.54) is 0 Å². The third-order valence-electron chi connectivity index (χ3n) is 6.08. The van der Waals surface area contributed by atoms with Gasteiger partial charge in [-0.15, -0.1) is 0 Å². The van der Waals surface area contributed by atoms with Gasteiger partial charge in [-0.05, 0) is 68.4 Å². The Labute approximate surface area is 221 Å². The van der Waals surface area contributed by atoms with Gasteiger partial charge in [0.2, 0.25) is 0 Å². The van der Waals surface area contributed by atoms with Gasteiger partial charge in [-0.3, -0.25) is 9.97 Å². The van der Waals surface area contributed by atoms with Gasteiger partial charge in [-0.2, -0.15) is 0 Å². The number of hydrogen-bond donors (Lipinski definition) is 0. The summed E-state index contributed by atoms with van der Waals surface area (Å²) in [6, 6.07) is 35.6. The van der Waals surface area contributed by atoms with Gasteiger partial charge in [0.1, 0.15) is 0 Å². The van der Waals surface area contributed by atoms with E-state index in [2.05, 4.69) is 9.97 Å². The van der Waals surface area contributed by atoms with E-state index in [0.29, 0.717) is 17.2 Å². The molecule has 6 heteroatoms. The van der Waals surface area contributed by atoms with Crippen LogP contribution in [0.2, 0.25) is 0 Å². The molecule has 0 amide bonds. The fraction of sp³-hybridized carbons (Fsp3) is 0.0625. The Morgan fingerprint density at radius 1 is 0.342 bits per heavy atom. The number of benzene rings is 1. The van der Waals surface area contributed by atoms with Crippen LogP contribution in [0.4, 0.5) is 0 Å². The number of rotatable bonds is 5. The topological polar surface area (TPSA) is 77.3 Å². The molecule has 182 valence electrons. The maximum atomic E-state index is 4.92.